The second kappa shape index (κ2) is 11.5. The molecule has 0 saturated carbocycles. The van der Waals surface area contributed by atoms with Crippen molar-refractivity contribution in [2.75, 3.05) is 0 Å². The Morgan fingerprint density at radius 1 is 0.358 bits per heavy atom. The fourth-order valence-electron chi connectivity index (χ4n) is 9.22. The van der Waals surface area contributed by atoms with Gasteiger partial charge in [-0.15, -0.1) is 0 Å². The molecule has 1 aliphatic carbocycles. The largest absolute Gasteiger partial charge is 0.0619 e. The number of rotatable bonds is 3. The SMILES string of the molecule is CC(C)(C)c1ccc(-c2c3ccccc3c(-c3cc4c(c5ccccc35)-c3ccccc3C4(C)C)c3cc(-c4ccc5ccccc5c4)ccc23)cc1. The highest BCUT2D eigenvalue weighted by Gasteiger charge is 2.37. The fourth-order valence-corrected chi connectivity index (χ4v) is 9.22. The highest BCUT2D eigenvalue weighted by Crippen LogP contribution is 2.55. The van der Waals surface area contributed by atoms with Crippen LogP contribution in [0.2, 0.25) is 0 Å². The van der Waals surface area contributed by atoms with Gasteiger partial charge >= 0.3 is 0 Å². The van der Waals surface area contributed by atoms with E-state index in [2.05, 4.69) is 198 Å². The molecule has 0 unspecified atom stereocenters. The molecule has 0 spiro atoms. The molecular weight excluding hydrogens is 637 g/mol. The summed E-state index contributed by atoms with van der Waals surface area (Å²) in [5, 5.41) is 10.3. The van der Waals surface area contributed by atoms with Crippen molar-refractivity contribution in [1.82, 2.24) is 0 Å². The number of hydrogen-bond donors (Lipinski definition) is 0. The highest BCUT2D eigenvalue weighted by molar-refractivity contribution is 6.25. The minimum Gasteiger partial charge on any atom is -0.0619 e. The highest BCUT2D eigenvalue weighted by atomic mass is 14.4. The molecule has 53 heavy (non-hydrogen) atoms. The Bertz CT molecular complexity index is 2930. The van der Waals surface area contributed by atoms with E-state index in [4.69, 9.17) is 0 Å². The lowest BCUT2D eigenvalue weighted by Gasteiger charge is -2.25. The van der Waals surface area contributed by atoms with E-state index < -0.39 is 0 Å². The first kappa shape index (κ1) is 31.7. The summed E-state index contributed by atoms with van der Waals surface area (Å²) >= 11 is 0. The van der Waals surface area contributed by atoms with Crippen LogP contribution < -0.4 is 0 Å². The lowest BCUT2D eigenvalue weighted by atomic mass is 9.78. The van der Waals surface area contributed by atoms with Crippen LogP contribution in [0.5, 0.6) is 0 Å². The van der Waals surface area contributed by atoms with E-state index >= 15 is 0 Å². The molecule has 0 nitrogen and oxygen atoms in total. The van der Waals surface area contributed by atoms with E-state index in [1.54, 1.807) is 0 Å². The Kier molecular flexibility index (Phi) is 6.89. The Hall–Kier alpha value is -5.98. The molecule has 254 valence electrons. The standard InChI is InChI=1S/C53H42/c1-52(2,3)38-27-24-34(25-28-38)49-41-18-10-11-19-42(41)50(45-31-37(26-29-43(45)49)36-23-22-33-14-6-7-15-35(33)30-36)46-32-48-51(40-17-9-8-16-39(40)46)44-20-12-13-21-47(44)53(48,4)5/h6-32H,1-5H3. The molecular formula is C53H42. The average molecular weight is 679 g/mol. The Balaban J connectivity index is 1.34. The molecule has 0 aromatic heterocycles. The zero-order chi connectivity index (χ0) is 36.1. The van der Waals surface area contributed by atoms with Gasteiger partial charge in [-0.05, 0) is 128 Å². The molecule has 1 aliphatic rings. The van der Waals surface area contributed by atoms with Crippen LogP contribution in [0.25, 0.3) is 87.6 Å². The molecule has 0 amide bonds. The van der Waals surface area contributed by atoms with Crippen molar-refractivity contribution in [2.45, 2.75) is 45.4 Å². The van der Waals surface area contributed by atoms with Gasteiger partial charge < -0.3 is 0 Å². The van der Waals surface area contributed by atoms with Crippen molar-refractivity contribution < 1.29 is 0 Å². The summed E-state index contributed by atoms with van der Waals surface area (Å²) in [6.45, 7) is 11.7. The Labute approximate surface area is 312 Å². The zero-order valence-corrected chi connectivity index (χ0v) is 31.1. The van der Waals surface area contributed by atoms with Gasteiger partial charge in [0.05, 0.1) is 0 Å². The minimum atomic E-state index is -0.124. The maximum Gasteiger partial charge on any atom is 0.0159 e. The third-order valence-electron chi connectivity index (χ3n) is 12.0. The van der Waals surface area contributed by atoms with Crippen molar-refractivity contribution in [3.8, 4) is 44.5 Å². The monoisotopic (exact) mass is 678 g/mol. The molecule has 0 bridgehead atoms. The molecule has 0 heteroatoms. The molecule has 0 atom stereocenters. The van der Waals surface area contributed by atoms with E-state index in [9.17, 15) is 0 Å². The summed E-state index contributed by atoms with van der Waals surface area (Å²) in [5.74, 6) is 0. The molecule has 9 aromatic carbocycles. The van der Waals surface area contributed by atoms with E-state index in [0.29, 0.717) is 0 Å². The van der Waals surface area contributed by atoms with Gasteiger partial charge in [0.25, 0.3) is 0 Å². The summed E-state index contributed by atoms with van der Waals surface area (Å²) < 4.78 is 0. The van der Waals surface area contributed by atoms with E-state index in [1.807, 2.05) is 0 Å². The lowest BCUT2D eigenvalue weighted by molar-refractivity contribution is 0.590. The zero-order valence-electron chi connectivity index (χ0n) is 31.1. The summed E-state index contributed by atoms with van der Waals surface area (Å²) in [5.41, 5.74) is 14.5. The van der Waals surface area contributed by atoms with E-state index in [-0.39, 0.29) is 10.8 Å². The summed E-state index contributed by atoms with van der Waals surface area (Å²) in [6, 6.07) is 61.8. The molecule has 0 radical (unpaired) electrons. The molecule has 0 aliphatic heterocycles. The smallest absolute Gasteiger partial charge is 0.0159 e. The van der Waals surface area contributed by atoms with Gasteiger partial charge in [0.15, 0.2) is 0 Å². The van der Waals surface area contributed by atoms with Gasteiger partial charge in [-0.25, -0.2) is 0 Å². The van der Waals surface area contributed by atoms with Gasteiger partial charge in [-0.1, -0.05) is 180 Å². The van der Waals surface area contributed by atoms with Gasteiger partial charge in [-0.3, -0.25) is 0 Å². The second-order valence-electron chi connectivity index (χ2n) is 16.5. The topological polar surface area (TPSA) is 0 Å². The van der Waals surface area contributed by atoms with Crippen molar-refractivity contribution in [3.05, 3.63) is 180 Å². The van der Waals surface area contributed by atoms with Crippen LogP contribution >= 0.6 is 0 Å². The first-order chi connectivity index (χ1) is 25.7. The average Bonchev–Trinajstić information content (AvgIpc) is 3.42. The molecule has 10 rings (SSSR count). The van der Waals surface area contributed by atoms with E-state index in [0.717, 1.165) is 0 Å². The lowest BCUT2D eigenvalue weighted by Crippen LogP contribution is -2.15. The molecule has 0 saturated heterocycles. The predicted octanol–water partition coefficient (Wildman–Crippen LogP) is 14.9. The quantitative estimate of drug-likeness (QED) is 0.163. The van der Waals surface area contributed by atoms with Crippen molar-refractivity contribution in [1.29, 1.82) is 0 Å². The number of benzene rings is 9. The normalized spacial score (nSPS) is 13.5. The van der Waals surface area contributed by atoms with Crippen molar-refractivity contribution in [3.63, 3.8) is 0 Å². The first-order valence-electron chi connectivity index (χ1n) is 18.9. The first-order valence-corrected chi connectivity index (χ1v) is 18.9. The van der Waals surface area contributed by atoms with Crippen LogP contribution in [0.3, 0.4) is 0 Å². The molecule has 0 fully saturated rings. The van der Waals surface area contributed by atoms with Gasteiger partial charge in [-0.2, -0.15) is 0 Å². The Morgan fingerprint density at radius 2 is 0.906 bits per heavy atom. The van der Waals surface area contributed by atoms with Crippen LogP contribution in [0.1, 0.15) is 51.3 Å². The van der Waals surface area contributed by atoms with Gasteiger partial charge in [0.1, 0.15) is 0 Å². The number of fused-ring (bicyclic) bond motifs is 8. The predicted molar refractivity (Wildman–Crippen MR) is 229 cm³/mol. The van der Waals surface area contributed by atoms with Crippen LogP contribution in [0, 0.1) is 0 Å². The maximum absolute atomic E-state index is 2.54. The van der Waals surface area contributed by atoms with Crippen LogP contribution in [0.15, 0.2) is 164 Å². The van der Waals surface area contributed by atoms with Crippen LogP contribution in [-0.2, 0) is 10.8 Å². The summed E-state index contributed by atoms with van der Waals surface area (Å²) in [6.07, 6.45) is 0. The maximum atomic E-state index is 2.54. The summed E-state index contributed by atoms with van der Waals surface area (Å²) in [4.78, 5) is 0. The molecule has 0 N–H and O–H groups in total. The third kappa shape index (κ3) is 4.82. The molecule has 0 heterocycles. The van der Waals surface area contributed by atoms with Gasteiger partial charge in [0.2, 0.25) is 0 Å². The number of hydrogen-bond acceptors (Lipinski definition) is 0. The molecule has 9 aromatic rings. The van der Waals surface area contributed by atoms with Gasteiger partial charge in [0, 0.05) is 5.41 Å². The van der Waals surface area contributed by atoms with Crippen LogP contribution in [-0.4, -0.2) is 0 Å². The minimum absolute atomic E-state index is 0.0866. The second-order valence-corrected chi connectivity index (χ2v) is 16.5. The van der Waals surface area contributed by atoms with E-state index in [1.165, 1.54) is 104 Å². The summed E-state index contributed by atoms with van der Waals surface area (Å²) in [7, 11) is 0. The van der Waals surface area contributed by atoms with Crippen molar-refractivity contribution in [2.24, 2.45) is 0 Å². The van der Waals surface area contributed by atoms with Crippen LogP contribution in [0.4, 0.5) is 0 Å². The fraction of sp³-hybridized carbons (Fsp3) is 0.132. The van der Waals surface area contributed by atoms with Crippen molar-refractivity contribution >= 4 is 43.1 Å². The Morgan fingerprint density at radius 3 is 1.64 bits per heavy atom. The third-order valence-corrected chi connectivity index (χ3v) is 12.0.